The van der Waals surface area contributed by atoms with E-state index in [0.29, 0.717) is 6.08 Å². The quantitative estimate of drug-likeness (QED) is 0.398. The fourth-order valence-electron chi connectivity index (χ4n) is 1.52. The number of benzene rings is 1. The van der Waals surface area contributed by atoms with Gasteiger partial charge in [-0.05, 0) is 5.56 Å². The molecule has 0 saturated carbocycles. The Bertz CT molecular complexity index is 503. The zero-order valence-corrected chi connectivity index (χ0v) is 11.9. The van der Waals surface area contributed by atoms with Crippen LogP contribution in [-0.4, -0.2) is 31.3 Å². The summed E-state index contributed by atoms with van der Waals surface area (Å²) in [6, 6.07) is 8.90. The molecule has 0 aliphatic heterocycles. The SMILES string of the molecule is C=CC(F)C(OCC(=C)C(=O)OCc1ccccc1)C(F)F. The molecule has 0 aliphatic rings. The van der Waals surface area contributed by atoms with Gasteiger partial charge in [0.25, 0.3) is 6.43 Å². The first kappa shape index (κ1) is 18.0. The van der Waals surface area contributed by atoms with E-state index in [0.717, 1.165) is 5.56 Å². The molecule has 2 unspecified atom stereocenters. The zero-order chi connectivity index (χ0) is 16.5. The van der Waals surface area contributed by atoms with Crippen LogP contribution in [0.15, 0.2) is 55.1 Å². The van der Waals surface area contributed by atoms with Gasteiger partial charge in [-0.15, -0.1) is 6.58 Å². The maximum atomic E-state index is 13.2. The number of halogens is 3. The largest absolute Gasteiger partial charge is 0.457 e. The van der Waals surface area contributed by atoms with Crippen molar-refractivity contribution < 1.29 is 27.4 Å². The van der Waals surface area contributed by atoms with Crippen LogP contribution in [0.1, 0.15) is 5.56 Å². The minimum Gasteiger partial charge on any atom is -0.457 e. The molecule has 2 atom stereocenters. The zero-order valence-electron chi connectivity index (χ0n) is 11.9. The van der Waals surface area contributed by atoms with Crippen molar-refractivity contribution in [2.45, 2.75) is 25.3 Å². The molecule has 0 radical (unpaired) electrons. The topological polar surface area (TPSA) is 35.5 Å². The molecule has 3 nitrogen and oxygen atoms in total. The van der Waals surface area contributed by atoms with Crippen molar-refractivity contribution >= 4 is 5.97 Å². The number of carbonyl (C=O) groups is 1. The Hall–Kier alpha value is -2.08. The van der Waals surface area contributed by atoms with Crippen molar-refractivity contribution in [3.8, 4) is 0 Å². The first-order valence-electron chi connectivity index (χ1n) is 6.51. The van der Waals surface area contributed by atoms with E-state index in [9.17, 15) is 18.0 Å². The highest BCUT2D eigenvalue weighted by Gasteiger charge is 2.29. The first-order chi connectivity index (χ1) is 10.5. The second kappa shape index (κ2) is 9.04. The lowest BCUT2D eigenvalue weighted by Gasteiger charge is -2.19. The maximum absolute atomic E-state index is 13.2. The number of hydrogen-bond acceptors (Lipinski definition) is 3. The lowest BCUT2D eigenvalue weighted by molar-refractivity contribution is -0.142. The number of esters is 1. The number of rotatable bonds is 9. The highest BCUT2D eigenvalue weighted by atomic mass is 19.3. The molecule has 1 rings (SSSR count). The highest BCUT2D eigenvalue weighted by molar-refractivity contribution is 5.87. The maximum Gasteiger partial charge on any atom is 0.336 e. The molecule has 0 heterocycles. The molecular weight excluding hydrogens is 297 g/mol. The van der Waals surface area contributed by atoms with Crippen molar-refractivity contribution in [2.24, 2.45) is 0 Å². The summed E-state index contributed by atoms with van der Waals surface area (Å²) >= 11 is 0. The summed E-state index contributed by atoms with van der Waals surface area (Å²) in [7, 11) is 0. The Balaban J connectivity index is 2.43. The predicted octanol–water partition coefficient (Wildman–Crippen LogP) is 3.46. The number of carbonyl (C=O) groups excluding carboxylic acids is 1. The summed E-state index contributed by atoms with van der Waals surface area (Å²) in [5, 5.41) is 0. The molecule has 0 aliphatic carbocycles. The van der Waals surface area contributed by atoms with E-state index >= 15 is 0 Å². The van der Waals surface area contributed by atoms with Crippen LogP contribution in [0.25, 0.3) is 0 Å². The third kappa shape index (κ3) is 5.73. The molecule has 120 valence electrons. The summed E-state index contributed by atoms with van der Waals surface area (Å²) in [5.41, 5.74) is 0.600. The van der Waals surface area contributed by atoms with Crippen molar-refractivity contribution in [2.75, 3.05) is 6.61 Å². The van der Waals surface area contributed by atoms with Crippen molar-refractivity contribution in [1.82, 2.24) is 0 Å². The van der Waals surface area contributed by atoms with Gasteiger partial charge in [-0.1, -0.05) is 43.0 Å². The van der Waals surface area contributed by atoms with Gasteiger partial charge in [0, 0.05) is 0 Å². The molecule has 0 fully saturated rings. The molecule has 0 N–H and O–H groups in total. The summed E-state index contributed by atoms with van der Waals surface area (Å²) in [6.45, 7) is 5.96. The van der Waals surface area contributed by atoms with Gasteiger partial charge in [0.1, 0.15) is 12.8 Å². The smallest absolute Gasteiger partial charge is 0.336 e. The normalized spacial score (nSPS) is 13.5. The second-order valence-electron chi connectivity index (χ2n) is 4.46. The minimum absolute atomic E-state index is 0.0232. The lowest BCUT2D eigenvalue weighted by atomic mass is 10.2. The average Bonchev–Trinajstić information content (AvgIpc) is 2.52. The Morgan fingerprint density at radius 2 is 1.86 bits per heavy atom. The van der Waals surface area contributed by atoms with E-state index in [-0.39, 0.29) is 12.2 Å². The van der Waals surface area contributed by atoms with E-state index in [1.54, 1.807) is 24.3 Å². The van der Waals surface area contributed by atoms with E-state index in [1.807, 2.05) is 6.07 Å². The summed E-state index contributed by atoms with van der Waals surface area (Å²) in [5.74, 6) is -0.786. The first-order valence-corrected chi connectivity index (χ1v) is 6.51. The molecule has 1 aromatic carbocycles. The van der Waals surface area contributed by atoms with E-state index in [1.165, 1.54) is 0 Å². The Labute approximate surface area is 127 Å². The Kier molecular flexibility index (Phi) is 7.39. The van der Waals surface area contributed by atoms with Crippen molar-refractivity contribution in [3.05, 3.63) is 60.7 Å². The summed E-state index contributed by atoms with van der Waals surface area (Å²) in [4.78, 5) is 11.6. The van der Waals surface area contributed by atoms with Crippen LogP contribution in [0.2, 0.25) is 0 Å². The third-order valence-electron chi connectivity index (χ3n) is 2.74. The molecule has 22 heavy (non-hydrogen) atoms. The molecule has 6 heteroatoms. The number of hydrogen-bond donors (Lipinski definition) is 0. The van der Waals surface area contributed by atoms with Crippen LogP contribution >= 0.6 is 0 Å². The molecular formula is C16H17F3O3. The fraction of sp³-hybridized carbons (Fsp3) is 0.312. The monoisotopic (exact) mass is 314 g/mol. The minimum atomic E-state index is -3.04. The number of alkyl halides is 3. The van der Waals surface area contributed by atoms with Gasteiger partial charge in [-0.25, -0.2) is 18.0 Å². The van der Waals surface area contributed by atoms with Gasteiger partial charge in [-0.3, -0.25) is 0 Å². The molecule has 0 amide bonds. The third-order valence-corrected chi connectivity index (χ3v) is 2.74. The van der Waals surface area contributed by atoms with Crippen LogP contribution < -0.4 is 0 Å². The van der Waals surface area contributed by atoms with Gasteiger partial charge in [0.15, 0.2) is 6.10 Å². The molecule has 0 spiro atoms. The Morgan fingerprint density at radius 1 is 1.23 bits per heavy atom. The number of ether oxygens (including phenoxy) is 2. The Morgan fingerprint density at radius 3 is 2.41 bits per heavy atom. The standard InChI is InChI=1S/C16H17F3O3/c1-3-13(17)14(15(18)19)21-9-11(2)16(20)22-10-12-7-5-4-6-8-12/h3-8,13-15H,1-2,9-10H2. The molecule has 1 aromatic rings. The van der Waals surface area contributed by atoms with Gasteiger partial charge < -0.3 is 9.47 Å². The van der Waals surface area contributed by atoms with Crippen LogP contribution in [0, 0.1) is 0 Å². The van der Waals surface area contributed by atoms with Gasteiger partial charge in [0.05, 0.1) is 12.2 Å². The van der Waals surface area contributed by atoms with Crippen molar-refractivity contribution in [3.63, 3.8) is 0 Å². The van der Waals surface area contributed by atoms with E-state index in [4.69, 9.17) is 9.47 Å². The average molecular weight is 314 g/mol. The van der Waals surface area contributed by atoms with Gasteiger partial charge in [-0.2, -0.15) is 0 Å². The van der Waals surface area contributed by atoms with Crippen LogP contribution in [-0.2, 0) is 20.9 Å². The lowest BCUT2D eigenvalue weighted by Crippen LogP contribution is -2.32. The summed E-state index contributed by atoms with van der Waals surface area (Å²) in [6.07, 6.45) is -6.35. The summed E-state index contributed by atoms with van der Waals surface area (Å²) < 4.78 is 48.0. The molecule has 0 bridgehead atoms. The second-order valence-corrected chi connectivity index (χ2v) is 4.46. The van der Waals surface area contributed by atoms with Crippen LogP contribution in [0.3, 0.4) is 0 Å². The highest BCUT2D eigenvalue weighted by Crippen LogP contribution is 2.15. The van der Waals surface area contributed by atoms with Gasteiger partial charge in [0.2, 0.25) is 0 Å². The van der Waals surface area contributed by atoms with Gasteiger partial charge >= 0.3 is 5.97 Å². The molecule has 0 aromatic heterocycles. The van der Waals surface area contributed by atoms with Crippen LogP contribution in [0.5, 0.6) is 0 Å². The van der Waals surface area contributed by atoms with Crippen LogP contribution in [0.4, 0.5) is 13.2 Å². The molecule has 0 saturated heterocycles. The van der Waals surface area contributed by atoms with E-state index < -0.39 is 31.3 Å². The predicted molar refractivity (Wildman–Crippen MR) is 76.2 cm³/mol. The van der Waals surface area contributed by atoms with E-state index in [2.05, 4.69) is 13.2 Å². The fourth-order valence-corrected chi connectivity index (χ4v) is 1.52. The van der Waals surface area contributed by atoms with Crippen molar-refractivity contribution in [1.29, 1.82) is 0 Å².